The largest absolute Gasteiger partial charge is 0.352 e. The van der Waals surface area contributed by atoms with Crippen molar-refractivity contribution in [2.24, 2.45) is 0 Å². The number of nitrogens with one attached hydrogen (secondary N) is 1. The fraction of sp³-hybridized carbons (Fsp3) is 0.167. The molecule has 152 valence electrons. The van der Waals surface area contributed by atoms with E-state index in [2.05, 4.69) is 31.9 Å². The van der Waals surface area contributed by atoms with Crippen molar-refractivity contribution in [1.82, 2.24) is 14.9 Å². The maximum atomic E-state index is 12.3. The number of carbonyl (C=O) groups excluding carboxylic acids is 1. The van der Waals surface area contributed by atoms with Crippen LogP contribution in [-0.2, 0) is 13.0 Å². The van der Waals surface area contributed by atoms with Crippen molar-refractivity contribution in [1.29, 1.82) is 0 Å². The van der Waals surface area contributed by atoms with Gasteiger partial charge in [0.15, 0.2) is 0 Å². The Bertz CT molecular complexity index is 1150. The van der Waals surface area contributed by atoms with Crippen LogP contribution in [0.5, 0.6) is 0 Å². The number of rotatable bonds is 7. The smallest absolute Gasteiger partial charge is 0.251 e. The second-order valence-corrected chi connectivity index (χ2v) is 8.45. The average molecular weight is 483 g/mol. The van der Waals surface area contributed by atoms with Gasteiger partial charge in [-0.1, -0.05) is 51.8 Å². The number of halogens is 2. The van der Waals surface area contributed by atoms with Crippen LogP contribution in [0, 0.1) is 0 Å². The summed E-state index contributed by atoms with van der Waals surface area (Å²) in [6, 6.07) is 23.4. The van der Waals surface area contributed by atoms with Crippen molar-refractivity contribution in [3.05, 3.63) is 99.2 Å². The zero-order chi connectivity index (χ0) is 20.9. The topological polar surface area (TPSA) is 46.9 Å². The molecule has 4 nitrogen and oxygen atoms in total. The van der Waals surface area contributed by atoms with Gasteiger partial charge in [0.05, 0.1) is 11.0 Å². The van der Waals surface area contributed by atoms with Crippen molar-refractivity contribution in [3.63, 3.8) is 0 Å². The predicted molar refractivity (Wildman–Crippen MR) is 125 cm³/mol. The number of aromatic nitrogens is 2. The summed E-state index contributed by atoms with van der Waals surface area (Å²) in [6.45, 7) is 1.33. The molecular formula is C24H21BrClN3O. The number of nitrogens with zero attached hydrogens (tertiary/aromatic N) is 2. The summed E-state index contributed by atoms with van der Waals surface area (Å²) in [4.78, 5) is 17.1. The molecule has 4 rings (SSSR count). The van der Waals surface area contributed by atoms with Crippen LogP contribution in [0.4, 0.5) is 0 Å². The summed E-state index contributed by atoms with van der Waals surface area (Å²) in [5.41, 5.74) is 3.93. The Morgan fingerprint density at radius 2 is 1.73 bits per heavy atom. The molecule has 0 spiro atoms. The van der Waals surface area contributed by atoms with E-state index in [4.69, 9.17) is 16.6 Å². The standard InChI is InChI=1S/C24H21BrClN3O/c25-19-11-9-18(10-12-19)24(30)27-15-3-6-23-28-21-4-1-2-5-22(21)29(23)16-17-7-13-20(26)14-8-17/h1-2,4-5,7-14H,3,6,15-16H2,(H,27,30). The van der Waals surface area contributed by atoms with Gasteiger partial charge < -0.3 is 9.88 Å². The number of para-hydroxylation sites is 2. The SMILES string of the molecule is O=C(NCCCc1nc2ccccc2n1Cc1ccc(Cl)cc1)c1ccc(Br)cc1. The van der Waals surface area contributed by atoms with Crippen molar-refractivity contribution < 1.29 is 4.79 Å². The van der Waals surface area contributed by atoms with E-state index in [1.54, 1.807) is 0 Å². The third-order valence-electron chi connectivity index (χ3n) is 4.96. The second kappa shape index (κ2) is 9.45. The van der Waals surface area contributed by atoms with Gasteiger partial charge in [-0.25, -0.2) is 4.98 Å². The first-order valence-corrected chi connectivity index (χ1v) is 11.0. The molecule has 0 saturated heterocycles. The molecule has 4 aromatic rings. The first-order chi connectivity index (χ1) is 14.6. The molecule has 3 aromatic carbocycles. The lowest BCUT2D eigenvalue weighted by Gasteiger charge is -2.10. The molecule has 1 aromatic heterocycles. The van der Waals surface area contributed by atoms with Crippen LogP contribution >= 0.6 is 27.5 Å². The Balaban J connectivity index is 1.43. The van der Waals surface area contributed by atoms with E-state index < -0.39 is 0 Å². The van der Waals surface area contributed by atoms with E-state index >= 15 is 0 Å². The second-order valence-electron chi connectivity index (χ2n) is 7.10. The molecule has 0 atom stereocenters. The molecule has 6 heteroatoms. The van der Waals surface area contributed by atoms with Crippen LogP contribution < -0.4 is 5.32 Å². The normalized spacial score (nSPS) is 11.0. The Morgan fingerprint density at radius 1 is 1.00 bits per heavy atom. The molecule has 0 aliphatic heterocycles. The molecule has 0 unspecified atom stereocenters. The minimum Gasteiger partial charge on any atom is -0.352 e. The minimum absolute atomic E-state index is 0.0582. The molecule has 1 heterocycles. The van der Waals surface area contributed by atoms with E-state index in [-0.39, 0.29) is 5.91 Å². The van der Waals surface area contributed by atoms with E-state index in [0.29, 0.717) is 12.1 Å². The average Bonchev–Trinajstić information content (AvgIpc) is 3.10. The zero-order valence-electron chi connectivity index (χ0n) is 16.3. The monoisotopic (exact) mass is 481 g/mol. The van der Waals surface area contributed by atoms with Gasteiger partial charge in [0.25, 0.3) is 5.91 Å². The van der Waals surface area contributed by atoms with E-state index in [1.807, 2.05) is 66.7 Å². The predicted octanol–water partition coefficient (Wildman–Crippen LogP) is 5.86. The quantitative estimate of drug-likeness (QED) is 0.335. The van der Waals surface area contributed by atoms with Gasteiger partial charge in [-0.05, 0) is 60.5 Å². The molecule has 1 amide bonds. The fourth-order valence-corrected chi connectivity index (χ4v) is 3.81. The van der Waals surface area contributed by atoms with Crippen LogP contribution in [0.15, 0.2) is 77.3 Å². The molecule has 0 bridgehead atoms. The van der Waals surface area contributed by atoms with Crippen molar-refractivity contribution >= 4 is 44.5 Å². The molecule has 0 aliphatic rings. The summed E-state index contributed by atoms with van der Waals surface area (Å²) in [6.07, 6.45) is 1.59. The van der Waals surface area contributed by atoms with Gasteiger partial charge in [0.1, 0.15) is 5.82 Å². The molecule has 0 fully saturated rings. The number of fused-ring (bicyclic) bond motifs is 1. The Kier molecular flexibility index (Phi) is 6.50. The molecule has 30 heavy (non-hydrogen) atoms. The van der Waals surface area contributed by atoms with Crippen molar-refractivity contribution in [2.75, 3.05) is 6.54 Å². The number of imidazole rings is 1. The van der Waals surface area contributed by atoms with Crippen LogP contribution in [0.3, 0.4) is 0 Å². The molecular weight excluding hydrogens is 462 g/mol. The van der Waals surface area contributed by atoms with Crippen molar-refractivity contribution in [3.8, 4) is 0 Å². The Hall–Kier alpha value is -2.63. The number of carbonyl (C=O) groups is 1. The number of hydrogen-bond acceptors (Lipinski definition) is 2. The number of aryl methyl sites for hydroxylation is 1. The highest BCUT2D eigenvalue weighted by Crippen LogP contribution is 2.20. The van der Waals surface area contributed by atoms with Gasteiger partial charge in [-0.15, -0.1) is 0 Å². The first kappa shape index (κ1) is 20.6. The van der Waals surface area contributed by atoms with E-state index in [1.165, 1.54) is 5.56 Å². The van der Waals surface area contributed by atoms with Gasteiger partial charge in [0, 0.05) is 34.6 Å². The fourth-order valence-electron chi connectivity index (χ4n) is 3.42. The Morgan fingerprint density at radius 3 is 2.50 bits per heavy atom. The highest BCUT2D eigenvalue weighted by molar-refractivity contribution is 9.10. The third-order valence-corrected chi connectivity index (χ3v) is 5.74. The van der Waals surface area contributed by atoms with E-state index in [9.17, 15) is 4.79 Å². The summed E-state index contributed by atoms with van der Waals surface area (Å²) in [7, 11) is 0. The zero-order valence-corrected chi connectivity index (χ0v) is 18.7. The summed E-state index contributed by atoms with van der Waals surface area (Å²) in [5, 5.41) is 3.72. The Labute approximate surface area is 189 Å². The third kappa shape index (κ3) is 4.91. The highest BCUT2D eigenvalue weighted by atomic mass is 79.9. The minimum atomic E-state index is -0.0582. The lowest BCUT2D eigenvalue weighted by molar-refractivity contribution is 0.0953. The maximum Gasteiger partial charge on any atom is 0.251 e. The van der Waals surface area contributed by atoms with E-state index in [0.717, 1.165) is 45.7 Å². The highest BCUT2D eigenvalue weighted by Gasteiger charge is 2.11. The molecule has 0 radical (unpaired) electrons. The number of hydrogen-bond donors (Lipinski definition) is 1. The van der Waals surface area contributed by atoms with Crippen LogP contribution in [0.1, 0.15) is 28.2 Å². The molecule has 0 saturated carbocycles. The molecule has 1 N–H and O–H groups in total. The summed E-state index contributed by atoms with van der Waals surface area (Å²) < 4.78 is 3.20. The first-order valence-electron chi connectivity index (χ1n) is 9.82. The lowest BCUT2D eigenvalue weighted by atomic mass is 10.2. The maximum absolute atomic E-state index is 12.3. The lowest BCUT2D eigenvalue weighted by Crippen LogP contribution is -2.25. The van der Waals surface area contributed by atoms with Gasteiger partial charge in [-0.3, -0.25) is 4.79 Å². The van der Waals surface area contributed by atoms with Gasteiger partial charge >= 0.3 is 0 Å². The number of benzene rings is 3. The van der Waals surface area contributed by atoms with Crippen molar-refractivity contribution in [2.45, 2.75) is 19.4 Å². The number of amides is 1. The van der Waals surface area contributed by atoms with Gasteiger partial charge in [0.2, 0.25) is 0 Å². The van der Waals surface area contributed by atoms with Crippen LogP contribution in [-0.4, -0.2) is 22.0 Å². The summed E-state index contributed by atoms with van der Waals surface area (Å²) >= 11 is 9.41. The summed E-state index contributed by atoms with van der Waals surface area (Å²) in [5.74, 6) is 0.959. The van der Waals surface area contributed by atoms with Crippen LogP contribution in [0.25, 0.3) is 11.0 Å². The van der Waals surface area contributed by atoms with Gasteiger partial charge in [-0.2, -0.15) is 0 Å². The van der Waals surface area contributed by atoms with Crippen LogP contribution in [0.2, 0.25) is 5.02 Å². The molecule has 0 aliphatic carbocycles.